The van der Waals surface area contributed by atoms with Crippen LogP contribution in [-0.2, 0) is 11.3 Å². The van der Waals surface area contributed by atoms with Gasteiger partial charge in [-0.2, -0.15) is 0 Å². The third-order valence-corrected chi connectivity index (χ3v) is 3.14. The van der Waals surface area contributed by atoms with E-state index in [0.29, 0.717) is 19.6 Å². The summed E-state index contributed by atoms with van der Waals surface area (Å²) in [6.07, 6.45) is 2.09. The Bertz CT molecular complexity index is 572. The summed E-state index contributed by atoms with van der Waals surface area (Å²) in [5.41, 5.74) is 0.963. The molecule has 0 aliphatic carbocycles. The Morgan fingerprint density at radius 2 is 2.20 bits per heavy atom. The van der Waals surface area contributed by atoms with Gasteiger partial charge in [-0.1, -0.05) is 6.07 Å². The molecule has 1 saturated heterocycles. The minimum absolute atomic E-state index is 0.0584. The van der Waals surface area contributed by atoms with Gasteiger partial charge in [0, 0.05) is 38.3 Å². The van der Waals surface area contributed by atoms with Crippen LogP contribution in [0.1, 0.15) is 11.1 Å². The van der Waals surface area contributed by atoms with E-state index in [1.54, 1.807) is 29.0 Å². The van der Waals surface area contributed by atoms with Crippen molar-refractivity contribution < 1.29 is 19.1 Å². The van der Waals surface area contributed by atoms with E-state index in [0.717, 1.165) is 11.6 Å². The highest BCUT2D eigenvalue weighted by molar-refractivity contribution is 5.85. The Morgan fingerprint density at radius 1 is 1.45 bits per heavy atom. The van der Waals surface area contributed by atoms with Crippen molar-refractivity contribution >= 4 is 18.1 Å². The quantitative estimate of drug-likeness (QED) is 0.854. The van der Waals surface area contributed by atoms with Crippen molar-refractivity contribution in [3.63, 3.8) is 0 Å². The zero-order valence-electron chi connectivity index (χ0n) is 11.0. The highest BCUT2D eigenvalue weighted by Crippen LogP contribution is 2.16. The third-order valence-electron chi connectivity index (χ3n) is 3.14. The van der Waals surface area contributed by atoms with E-state index in [-0.39, 0.29) is 11.6 Å². The van der Waals surface area contributed by atoms with Crippen molar-refractivity contribution in [3.05, 3.63) is 41.2 Å². The summed E-state index contributed by atoms with van der Waals surface area (Å²) in [4.78, 5) is 25.5. The monoisotopic (exact) mass is 278 g/mol. The van der Waals surface area contributed by atoms with Gasteiger partial charge in [0.25, 0.3) is 0 Å². The molecule has 0 spiro atoms. The first kappa shape index (κ1) is 14.0. The van der Waals surface area contributed by atoms with E-state index < -0.39 is 11.8 Å². The first-order valence-corrected chi connectivity index (χ1v) is 6.17. The van der Waals surface area contributed by atoms with Crippen molar-refractivity contribution in [2.24, 2.45) is 0 Å². The molecule has 0 radical (unpaired) electrons. The highest BCUT2D eigenvalue weighted by Gasteiger charge is 2.25. The molecule has 1 aliphatic rings. The number of carboxylic acid groups (broad SMARTS) is 1. The lowest BCUT2D eigenvalue weighted by molar-refractivity contribution is -0.131. The van der Waals surface area contributed by atoms with Crippen LogP contribution in [0.15, 0.2) is 24.3 Å². The van der Waals surface area contributed by atoms with Crippen LogP contribution < -0.4 is 0 Å². The largest absolute Gasteiger partial charge is 0.478 e. The van der Waals surface area contributed by atoms with Crippen molar-refractivity contribution in [2.75, 3.05) is 20.1 Å². The average molecular weight is 278 g/mol. The van der Waals surface area contributed by atoms with Gasteiger partial charge in [-0.05, 0) is 23.8 Å². The van der Waals surface area contributed by atoms with Gasteiger partial charge in [-0.25, -0.2) is 14.0 Å². The van der Waals surface area contributed by atoms with Crippen LogP contribution in [0, 0.1) is 5.82 Å². The minimum Gasteiger partial charge on any atom is -0.478 e. The highest BCUT2D eigenvalue weighted by atomic mass is 19.1. The lowest BCUT2D eigenvalue weighted by atomic mass is 10.1. The molecule has 1 aromatic rings. The van der Waals surface area contributed by atoms with Crippen LogP contribution in [0.5, 0.6) is 0 Å². The molecule has 0 bridgehead atoms. The van der Waals surface area contributed by atoms with E-state index in [1.165, 1.54) is 12.1 Å². The maximum Gasteiger partial charge on any atom is 0.328 e. The summed E-state index contributed by atoms with van der Waals surface area (Å²) in [6, 6.07) is 4.37. The molecule has 0 unspecified atom stereocenters. The topological polar surface area (TPSA) is 60.9 Å². The zero-order valence-corrected chi connectivity index (χ0v) is 11.0. The molecule has 1 fully saturated rings. The molecule has 1 N–H and O–H groups in total. The van der Waals surface area contributed by atoms with Gasteiger partial charge < -0.3 is 14.9 Å². The van der Waals surface area contributed by atoms with E-state index in [1.807, 2.05) is 0 Å². The molecule has 1 aromatic carbocycles. The average Bonchev–Trinajstić information content (AvgIpc) is 2.71. The predicted molar refractivity (Wildman–Crippen MR) is 71.5 cm³/mol. The number of carbonyl (C=O) groups is 2. The number of hydrogen-bond donors (Lipinski definition) is 1. The number of hydrogen-bond acceptors (Lipinski definition) is 2. The number of halogens is 1. The second-order valence-electron chi connectivity index (χ2n) is 4.65. The van der Waals surface area contributed by atoms with Crippen molar-refractivity contribution in [1.82, 2.24) is 9.80 Å². The SMILES string of the molecule is CN1CCN(Cc2ccc(F)c(C=CC(=O)O)c2)C1=O. The summed E-state index contributed by atoms with van der Waals surface area (Å²) in [5, 5.41) is 8.56. The summed E-state index contributed by atoms with van der Waals surface area (Å²) in [5.74, 6) is -1.62. The van der Waals surface area contributed by atoms with Crippen LogP contribution in [0.4, 0.5) is 9.18 Å². The molecule has 2 amide bonds. The Hall–Kier alpha value is -2.37. The van der Waals surface area contributed by atoms with Crippen LogP contribution in [0.25, 0.3) is 6.08 Å². The van der Waals surface area contributed by atoms with Crippen LogP contribution in [0.2, 0.25) is 0 Å². The van der Waals surface area contributed by atoms with Crippen LogP contribution in [0.3, 0.4) is 0 Å². The smallest absolute Gasteiger partial charge is 0.328 e. The molecule has 106 valence electrons. The van der Waals surface area contributed by atoms with Gasteiger partial charge in [0.05, 0.1) is 0 Å². The van der Waals surface area contributed by atoms with Crippen LogP contribution in [-0.4, -0.2) is 47.0 Å². The number of nitrogens with zero attached hydrogens (tertiary/aromatic N) is 2. The number of benzene rings is 1. The summed E-state index contributed by atoms with van der Waals surface area (Å²) in [7, 11) is 1.73. The van der Waals surface area contributed by atoms with Gasteiger partial charge in [0.1, 0.15) is 5.82 Å². The second-order valence-corrected chi connectivity index (χ2v) is 4.65. The lowest BCUT2D eigenvalue weighted by Gasteiger charge is -2.16. The van der Waals surface area contributed by atoms with Gasteiger partial charge in [-0.3, -0.25) is 0 Å². The van der Waals surface area contributed by atoms with Crippen molar-refractivity contribution in [3.8, 4) is 0 Å². The Morgan fingerprint density at radius 3 is 2.80 bits per heavy atom. The Balaban J connectivity index is 2.15. The molecule has 2 rings (SSSR count). The molecule has 1 aliphatic heterocycles. The maximum atomic E-state index is 13.5. The van der Waals surface area contributed by atoms with E-state index in [2.05, 4.69) is 0 Å². The van der Waals surface area contributed by atoms with Gasteiger partial charge >= 0.3 is 12.0 Å². The number of urea groups is 1. The third kappa shape index (κ3) is 3.14. The molecular weight excluding hydrogens is 263 g/mol. The molecule has 0 saturated carbocycles. The number of amides is 2. The van der Waals surface area contributed by atoms with Crippen molar-refractivity contribution in [2.45, 2.75) is 6.54 Å². The minimum atomic E-state index is -1.13. The lowest BCUT2D eigenvalue weighted by Crippen LogP contribution is -2.28. The van der Waals surface area contributed by atoms with E-state index >= 15 is 0 Å². The summed E-state index contributed by atoms with van der Waals surface area (Å²) < 4.78 is 13.5. The molecule has 1 heterocycles. The molecular formula is C14H15FN2O3. The summed E-state index contributed by atoms with van der Waals surface area (Å²) >= 11 is 0. The molecule has 20 heavy (non-hydrogen) atoms. The number of aliphatic carboxylic acids is 1. The number of carbonyl (C=O) groups excluding carboxylic acids is 1. The molecule has 6 heteroatoms. The van der Waals surface area contributed by atoms with Gasteiger partial charge in [0.15, 0.2) is 0 Å². The number of likely N-dealkylation sites (N-methyl/N-ethyl adjacent to an activating group) is 1. The molecule has 0 aromatic heterocycles. The van der Waals surface area contributed by atoms with Crippen molar-refractivity contribution in [1.29, 1.82) is 0 Å². The fourth-order valence-electron chi connectivity index (χ4n) is 2.05. The second kappa shape index (κ2) is 5.73. The fourth-order valence-corrected chi connectivity index (χ4v) is 2.05. The van der Waals surface area contributed by atoms with E-state index in [9.17, 15) is 14.0 Å². The number of rotatable bonds is 4. The normalized spacial score (nSPS) is 15.4. The fraction of sp³-hybridized carbons (Fsp3) is 0.286. The summed E-state index contributed by atoms with van der Waals surface area (Å²) in [6.45, 7) is 1.69. The Labute approximate surface area is 115 Å². The standard InChI is InChI=1S/C14H15FN2O3/c1-16-6-7-17(14(16)20)9-10-2-4-12(15)11(8-10)3-5-13(18)19/h2-5,8H,6-7,9H2,1H3,(H,18,19). The Kier molecular flexibility index (Phi) is 4.02. The van der Waals surface area contributed by atoms with Gasteiger partial charge in [-0.15, -0.1) is 0 Å². The molecule has 0 atom stereocenters. The van der Waals surface area contributed by atoms with Crippen LogP contribution >= 0.6 is 0 Å². The maximum absolute atomic E-state index is 13.5. The zero-order chi connectivity index (χ0) is 14.7. The van der Waals surface area contributed by atoms with E-state index in [4.69, 9.17) is 5.11 Å². The van der Waals surface area contributed by atoms with Gasteiger partial charge in [0.2, 0.25) is 0 Å². The number of carboxylic acids is 1. The first-order valence-electron chi connectivity index (χ1n) is 6.17. The first-order chi connectivity index (χ1) is 9.47. The predicted octanol–water partition coefficient (Wildman–Crippen LogP) is 1.79. The molecule has 5 nitrogen and oxygen atoms in total.